The van der Waals surface area contributed by atoms with E-state index in [0.717, 1.165) is 19.3 Å². The Labute approximate surface area is 84.4 Å². The molecule has 2 aliphatic carbocycles. The molecule has 0 aromatic carbocycles. The third-order valence-electron chi connectivity index (χ3n) is 4.01. The lowest BCUT2D eigenvalue weighted by Crippen LogP contribution is -2.28. The van der Waals surface area contributed by atoms with Crippen LogP contribution in [0.3, 0.4) is 0 Å². The quantitative estimate of drug-likeness (QED) is 0.675. The molecule has 0 aromatic rings. The van der Waals surface area contributed by atoms with Crippen molar-refractivity contribution >= 4 is 0 Å². The largest absolute Gasteiger partial charge is 0.393 e. The van der Waals surface area contributed by atoms with E-state index in [9.17, 15) is 5.11 Å². The molecule has 6 unspecified atom stereocenters. The molecular formula is C11H18O3. The number of epoxide rings is 1. The Morgan fingerprint density at radius 1 is 1.14 bits per heavy atom. The minimum absolute atomic E-state index is 0.155. The first-order valence-corrected chi connectivity index (χ1v) is 5.74. The molecule has 3 nitrogen and oxygen atoms in total. The molecule has 1 aliphatic heterocycles. The SMILES string of the molecule is CC1C(O)CCC1OC1CCC2OC12. The molecule has 6 atom stereocenters. The van der Waals surface area contributed by atoms with Gasteiger partial charge in [0.15, 0.2) is 0 Å². The Hall–Kier alpha value is -0.120. The molecule has 0 spiro atoms. The van der Waals surface area contributed by atoms with Crippen LogP contribution < -0.4 is 0 Å². The summed E-state index contributed by atoms with van der Waals surface area (Å²) in [7, 11) is 0. The number of aliphatic hydroxyl groups is 1. The molecule has 1 N–H and O–H groups in total. The van der Waals surface area contributed by atoms with Crippen molar-refractivity contribution < 1.29 is 14.6 Å². The van der Waals surface area contributed by atoms with Gasteiger partial charge in [-0.05, 0) is 25.7 Å². The summed E-state index contributed by atoms with van der Waals surface area (Å²) < 4.78 is 11.5. The molecule has 2 saturated carbocycles. The summed E-state index contributed by atoms with van der Waals surface area (Å²) in [6.45, 7) is 2.09. The van der Waals surface area contributed by atoms with Crippen molar-refractivity contribution in [2.45, 2.75) is 63.1 Å². The summed E-state index contributed by atoms with van der Waals surface area (Å²) in [6.07, 6.45) is 5.53. The van der Waals surface area contributed by atoms with Crippen LogP contribution in [0, 0.1) is 5.92 Å². The second kappa shape index (κ2) is 3.19. The van der Waals surface area contributed by atoms with Gasteiger partial charge in [-0.25, -0.2) is 0 Å². The van der Waals surface area contributed by atoms with E-state index in [2.05, 4.69) is 6.92 Å². The third kappa shape index (κ3) is 1.38. The number of ether oxygens (including phenoxy) is 2. The Kier molecular flexibility index (Phi) is 2.08. The van der Waals surface area contributed by atoms with Crippen molar-refractivity contribution in [2.75, 3.05) is 0 Å². The van der Waals surface area contributed by atoms with Gasteiger partial charge < -0.3 is 14.6 Å². The van der Waals surface area contributed by atoms with Gasteiger partial charge >= 0.3 is 0 Å². The van der Waals surface area contributed by atoms with Crippen molar-refractivity contribution in [3.8, 4) is 0 Å². The second-order valence-electron chi connectivity index (χ2n) is 4.93. The van der Waals surface area contributed by atoms with Gasteiger partial charge in [-0.15, -0.1) is 0 Å². The molecule has 1 saturated heterocycles. The van der Waals surface area contributed by atoms with E-state index in [0.29, 0.717) is 24.2 Å². The monoisotopic (exact) mass is 198 g/mol. The highest BCUT2D eigenvalue weighted by atomic mass is 16.6. The Morgan fingerprint density at radius 3 is 2.43 bits per heavy atom. The van der Waals surface area contributed by atoms with Gasteiger partial charge in [0.25, 0.3) is 0 Å². The zero-order chi connectivity index (χ0) is 9.71. The van der Waals surface area contributed by atoms with Crippen LogP contribution in [0.25, 0.3) is 0 Å². The molecule has 3 fully saturated rings. The molecule has 0 bridgehead atoms. The Bertz CT molecular complexity index is 231. The minimum atomic E-state index is -0.155. The summed E-state index contributed by atoms with van der Waals surface area (Å²) in [5.41, 5.74) is 0. The maximum Gasteiger partial charge on any atom is 0.110 e. The smallest absolute Gasteiger partial charge is 0.110 e. The fourth-order valence-electron chi connectivity index (χ4n) is 2.88. The maximum atomic E-state index is 9.61. The van der Waals surface area contributed by atoms with E-state index < -0.39 is 0 Å². The molecule has 3 aliphatic rings. The zero-order valence-electron chi connectivity index (χ0n) is 8.56. The highest BCUT2D eigenvalue weighted by Crippen LogP contribution is 2.42. The lowest BCUT2D eigenvalue weighted by Gasteiger charge is -2.22. The highest BCUT2D eigenvalue weighted by molar-refractivity contribution is 4.99. The maximum absolute atomic E-state index is 9.61. The summed E-state index contributed by atoms with van der Waals surface area (Å²) in [5, 5.41) is 9.61. The zero-order valence-corrected chi connectivity index (χ0v) is 8.56. The number of rotatable bonds is 2. The van der Waals surface area contributed by atoms with Crippen molar-refractivity contribution in [1.82, 2.24) is 0 Å². The Balaban J connectivity index is 1.57. The summed E-state index contributed by atoms with van der Waals surface area (Å²) in [6, 6.07) is 0. The minimum Gasteiger partial charge on any atom is -0.393 e. The van der Waals surface area contributed by atoms with Gasteiger partial charge in [0, 0.05) is 5.92 Å². The third-order valence-corrected chi connectivity index (χ3v) is 4.01. The highest BCUT2D eigenvalue weighted by Gasteiger charge is 2.52. The van der Waals surface area contributed by atoms with Gasteiger partial charge in [-0.3, -0.25) is 0 Å². The van der Waals surface area contributed by atoms with Crippen LogP contribution in [0.4, 0.5) is 0 Å². The van der Waals surface area contributed by atoms with Gasteiger partial charge in [0.05, 0.1) is 24.4 Å². The first-order chi connectivity index (χ1) is 6.75. The molecule has 3 heteroatoms. The van der Waals surface area contributed by atoms with E-state index in [1.54, 1.807) is 0 Å². The average molecular weight is 198 g/mol. The van der Waals surface area contributed by atoms with Gasteiger partial charge in [-0.2, -0.15) is 0 Å². The first-order valence-electron chi connectivity index (χ1n) is 5.74. The number of hydrogen-bond donors (Lipinski definition) is 1. The van der Waals surface area contributed by atoms with Crippen molar-refractivity contribution in [3.63, 3.8) is 0 Å². The van der Waals surface area contributed by atoms with E-state index in [4.69, 9.17) is 9.47 Å². The van der Waals surface area contributed by atoms with Crippen molar-refractivity contribution in [3.05, 3.63) is 0 Å². The molecule has 3 rings (SSSR count). The van der Waals surface area contributed by atoms with E-state index in [-0.39, 0.29) is 12.2 Å². The van der Waals surface area contributed by atoms with Crippen molar-refractivity contribution in [2.24, 2.45) is 5.92 Å². The molecule has 0 amide bonds. The molecule has 14 heavy (non-hydrogen) atoms. The molecule has 0 aromatic heterocycles. The average Bonchev–Trinajstić information content (AvgIpc) is 2.78. The molecule has 80 valence electrons. The lowest BCUT2D eigenvalue weighted by molar-refractivity contribution is -0.0532. The van der Waals surface area contributed by atoms with E-state index in [1.165, 1.54) is 6.42 Å². The van der Waals surface area contributed by atoms with Crippen LogP contribution >= 0.6 is 0 Å². The summed E-state index contributed by atoms with van der Waals surface area (Å²) in [4.78, 5) is 0. The Morgan fingerprint density at radius 2 is 1.93 bits per heavy atom. The lowest BCUT2D eigenvalue weighted by atomic mass is 10.1. The number of fused-ring (bicyclic) bond motifs is 1. The van der Waals surface area contributed by atoms with Gasteiger partial charge in [0.2, 0.25) is 0 Å². The van der Waals surface area contributed by atoms with Crippen LogP contribution in [-0.4, -0.2) is 35.6 Å². The first kappa shape index (κ1) is 9.13. The fraction of sp³-hybridized carbons (Fsp3) is 1.00. The standard InChI is InChI=1S/C11H18O3/c1-6-7(12)2-3-8(6)13-9-4-5-10-11(9)14-10/h6-12H,2-5H2,1H3. The van der Waals surface area contributed by atoms with Crippen LogP contribution in [0.5, 0.6) is 0 Å². The predicted molar refractivity (Wildman–Crippen MR) is 51.0 cm³/mol. The summed E-state index contributed by atoms with van der Waals surface area (Å²) >= 11 is 0. The topological polar surface area (TPSA) is 42.0 Å². The second-order valence-corrected chi connectivity index (χ2v) is 4.93. The molecular weight excluding hydrogens is 180 g/mol. The van der Waals surface area contributed by atoms with Crippen molar-refractivity contribution in [1.29, 1.82) is 0 Å². The van der Waals surface area contributed by atoms with Gasteiger partial charge in [0.1, 0.15) is 6.10 Å². The summed E-state index contributed by atoms with van der Waals surface area (Å²) in [5.74, 6) is 0.299. The normalized spacial score (nSPS) is 56.1. The van der Waals surface area contributed by atoms with Crippen LogP contribution in [0.2, 0.25) is 0 Å². The number of hydrogen-bond acceptors (Lipinski definition) is 3. The van der Waals surface area contributed by atoms with Crippen LogP contribution in [0.1, 0.15) is 32.6 Å². The van der Waals surface area contributed by atoms with E-state index >= 15 is 0 Å². The molecule has 1 heterocycles. The van der Waals surface area contributed by atoms with Crippen LogP contribution in [0.15, 0.2) is 0 Å². The number of aliphatic hydroxyl groups excluding tert-OH is 1. The van der Waals surface area contributed by atoms with E-state index in [1.807, 2.05) is 0 Å². The molecule has 0 radical (unpaired) electrons. The fourth-order valence-corrected chi connectivity index (χ4v) is 2.88. The predicted octanol–water partition coefficient (Wildman–Crippen LogP) is 1.09. The van der Waals surface area contributed by atoms with Gasteiger partial charge in [-0.1, -0.05) is 6.92 Å². The van der Waals surface area contributed by atoms with Crippen LogP contribution in [-0.2, 0) is 9.47 Å².